The standard InChI is InChI=1S/C25H27N5O2/c1-15-13-17(21-22(26)30-32-23(21)27-15)14-16-5-9-19(10-6-16)28-24(31)29-20-11-7-18(8-12-20)25(2,3)4/h5-13H,14H2,1-4H3,(H2,26,30)(H2,28,29,31). The molecule has 4 N–H and O–H groups in total. The number of urea groups is 1. The molecule has 0 unspecified atom stereocenters. The summed E-state index contributed by atoms with van der Waals surface area (Å²) in [6.45, 7) is 8.38. The van der Waals surface area contributed by atoms with Gasteiger partial charge in [-0.25, -0.2) is 9.78 Å². The molecule has 0 radical (unpaired) electrons. The Hall–Kier alpha value is -3.87. The number of nitrogen functional groups attached to an aromatic ring is 1. The van der Waals surface area contributed by atoms with Gasteiger partial charge < -0.3 is 20.9 Å². The summed E-state index contributed by atoms with van der Waals surface area (Å²) >= 11 is 0. The SMILES string of the molecule is Cc1cc(Cc2ccc(NC(=O)Nc3ccc(C(C)(C)C)cc3)cc2)c2c(N)noc2n1. The van der Waals surface area contributed by atoms with Gasteiger partial charge in [-0.3, -0.25) is 0 Å². The van der Waals surface area contributed by atoms with Crippen molar-refractivity contribution in [2.45, 2.75) is 39.5 Å². The number of nitrogens with zero attached hydrogens (tertiary/aromatic N) is 2. The van der Waals surface area contributed by atoms with E-state index in [4.69, 9.17) is 10.3 Å². The molecule has 0 bridgehead atoms. The molecule has 4 aromatic rings. The number of amides is 2. The first-order chi connectivity index (χ1) is 15.2. The van der Waals surface area contributed by atoms with Crippen molar-refractivity contribution in [1.29, 1.82) is 0 Å². The molecule has 0 saturated carbocycles. The second-order valence-electron chi connectivity index (χ2n) is 8.95. The third-order valence-corrected chi connectivity index (χ3v) is 5.30. The summed E-state index contributed by atoms with van der Waals surface area (Å²) in [5.74, 6) is 0.341. The van der Waals surface area contributed by atoms with Crippen LogP contribution in [0.25, 0.3) is 11.1 Å². The number of fused-ring (bicyclic) bond motifs is 1. The first kappa shape index (κ1) is 21.4. The number of aromatic nitrogens is 2. The van der Waals surface area contributed by atoms with Gasteiger partial charge in [0.1, 0.15) is 0 Å². The van der Waals surface area contributed by atoms with Gasteiger partial charge in [-0.15, -0.1) is 0 Å². The highest BCUT2D eigenvalue weighted by Crippen LogP contribution is 2.27. The van der Waals surface area contributed by atoms with Crippen molar-refractivity contribution >= 4 is 34.3 Å². The zero-order chi connectivity index (χ0) is 22.9. The van der Waals surface area contributed by atoms with Gasteiger partial charge in [-0.05, 0) is 65.8 Å². The maximum absolute atomic E-state index is 12.4. The summed E-state index contributed by atoms with van der Waals surface area (Å²) in [6.07, 6.45) is 0.651. The fourth-order valence-corrected chi connectivity index (χ4v) is 3.60. The number of nitrogens with two attached hydrogens (primary N) is 1. The van der Waals surface area contributed by atoms with Crippen LogP contribution in [0.1, 0.15) is 43.2 Å². The molecule has 7 heteroatoms. The van der Waals surface area contributed by atoms with Crippen molar-refractivity contribution < 1.29 is 9.32 Å². The quantitative estimate of drug-likeness (QED) is 0.389. The fraction of sp³-hybridized carbons (Fsp3) is 0.240. The maximum atomic E-state index is 12.4. The smallest absolute Gasteiger partial charge is 0.323 e. The number of benzene rings is 2. The van der Waals surface area contributed by atoms with Crippen LogP contribution in [0.2, 0.25) is 0 Å². The molecule has 0 aliphatic carbocycles. The van der Waals surface area contributed by atoms with Gasteiger partial charge in [0.2, 0.25) is 0 Å². The molecule has 2 aromatic heterocycles. The number of carbonyl (C=O) groups excluding carboxylic acids is 1. The van der Waals surface area contributed by atoms with Crippen LogP contribution in [0.15, 0.2) is 59.1 Å². The fourth-order valence-electron chi connectivity index (χ4n) is 3.60. The molecule has 164 valence electrons. The predicted molar refractivity (Wildman–Crippen MR) is 128 cm³/mol. The van der Waals surface area contributed by atoms with Gasteiger partial charge >= 0.3 is 6.03 Å². The van der Waals surface area contributed by atoms with Crippen LogP contribution in [0, 0.1) is 6.92 Å². The predicted octanol–water partition coefficient (Wildman–Crippen LogP) is 5.65. The topological polar surface area (TPSA) is 106 Å². The van der Waals surface area contributed by atoms with Gasteiger partial charge in [-0.2, -0.15) is 0 Å². The highest BCUT2D eigenvalue weighted by molar-refractivity contribution is 5.99. The van der Waals surface area contributed by atoms with Crippen LogP contribution in [0.3, 0.4) is 0 Å². The second kappa shape index (κ2) is 8.34. The molecule has 0 saturated heterocycles. The van der Waals surface area contributed by atoms with Gasteiger partial charge in [0.15, 0.2) is 5.82 Å². The number of pyridine rings is 1. The van der Waals surface area contributed by atoms with E-state index in [1.807, 2.05) is 61.5 Å². The maximum Gasteiger partial charge on any atom is 0.323 e. The van der Waals surface area contributed by atoms with Gasteiger partial charge in [0, 0.05) is 17.1 Å². The average Bonchev–Trinajstić information content (AvgIpc) is 3.09. The summed E-state index contributed by atoms with van der Waals surface area (Å²) in [7, 11) is 0. The minimum Gasteiger partial charge on any atom is -0.380 e. The molecular weight excluding hydrogens is 402 g/mol. The summed E-state index contributed by atoms with van der Waals surface area (Å²) in [5.41, 5.74) is 12.1. The van der Waals surface area contributed by atoms with Crippen molar-refractivity contribution in [3.63, 3.8) is 0 Å². The number of rotatable bonds is 4. The van der Waals surface area contributed by atoms with E-state index in [1.54, 1.807) is 0 Å². The van der Waals surface area contributed by atoms with Crippen LogP contribution in [-0.2, 0) is 11.8 Å². The number of aryl methyl sites for hydroxylation is 1. The summed E-state index contributed by atoms with van der Waals surface area (Å²) in [6, 6.07) is 17.3. The summed E-state index contributed by atoms with van der Waals surface area (Å²) < 4.78 is 5.20. The molecule has 2 amide bonds. The third-order valence-electron chi connectivity index (χ3n) is 5.30. The zero-order valence-electron chi connectivity index (χ0n) is 18.7. The Morgan fingerprint density at radius 2 is 1.59 bits per heavy atom. The molecule has 2 heterocycles. The number of hydrogen-bond donors (Lipinski definition) is 3. The van der Waals surface area contributed by atoms with Crippen molar-refractivity contribution in [2.75, 3.05) is 16.4 Å². The Bertz CT molecular complexity index is 1250. The minimum atomic E-state index is -0.287. The normalized spacial score (nSPS) is 11.5. The van der Waals surface area contributed by atoms with Gasteiger partial charge in [-0.1, -0.05) is 50.2 Å². The Labute approximate surface area is 187 Å². The van der Waals surface area contributed by atoms with Crippen LogP contribution in [0.4, 0.5) is 22.0 Å². The van der Waals surface area contributed by atoms with Crippen molar-refractivity contribution in [1.82, 2.24) is 10.1 Å². The van der Waals surface area contributed by atoms with E-state index in [-0.39, 0.29) is 11.4 Å². The Kier molecular flexibility index (Phi) is 5.57. The van der Waals surface area contributed by atoms with Crippen molar-refractivity contribution in [3.05, 3.63) is 77.0 Å². The lowest BCUT2D eigenvalue weighted by molar-refractivity contribution is 0.262. The number of anilines is 3. The zero-order valence-corrected chi connectivity index (χ0v) is 18.7. The van der Waals surface area contributed by atoms with Gasteiger partial charge in [0.25, 0.3) is 5.71 Å². The van der Waals surface area contributed by atoms with Crippen molar-refractivity contribution in [2.24, 2.45) is 0 Å². The number of nitrogens with one attached hydrogen (secondary N) is 2. The number of hydrogen-bond acceptors (Lipinski definition) is 5. The summed E-state index contributed by atoms with van der Waals surface area (Å²) in [5, 5.41) is 10.3. The van der Waals surface area contributed by atoms with Crippen LogP contribution in [-0.4, -0.2) is 16.2 Å². The average molecular weight is 430 g/mol. The lowest BCUT2D eigenvalue weighted by Crippen LogP contribution is -2.19. The molecule has 2 aromatic carbocycles. The molecule has 7 nitrogen and oxygen atoms in total. The summed E-state index contributed by atoms with van der Waals surface area (Å²) in [4.78, 5) is 16.7. The van der Waals surface area contributed by atoms with E-state index in [1.165, 1.54) is 5.56 Å². The highest BCUT2D eigenvalue weighted by atomic mass is 16.5. The van der Waals surface area contributed by atoms with Crippen LogP contribution >= 0.6 is 0 Å². The molecule has 0 aliphatic rings. The molecule has 0 fully saturated rings. The van der Waals surface area contributed by atoms with Gasteiger partial charge in [0.05, 0.1) is 5.39 Å². The Morgan fingerprint density at radius 1 is 1.00 bits per heavy atom. The largest absolute Gasteiger partial charge is 0.380 e. The molecule has 0 aliphatic heterocycles. The molecule has 4 rings (SSSR count). The highest BCUT2D eigenvalue weighted by Gasteiger charge is 2.14. The molecule has 0 spiro atoms. The minimum absolute atomic E-state index is 0.0725. The van der Waals surface area contributed by atoms with E-state index in [9.17, 15) is 4.79 Å². The van der Waals surface area contributed by atoms with Crippen molar-refractivity contribution in [3.8, 4) is 0 Å². The van der Waals surface area contributed by atoms with E-state index in [0.29, 0.717) is 23.6 Å². The van der Waals surface area contributed by atoms with Crippen LogP contribution in [0.5, 0.6) is 0 Å². The second-order valence-corrected chi connectivity index (χ2v) is 8.95. The molecular formula is C25H27N5O2. The first-order valence-electron chi connectivity index (χ1n) is 10.5. The Balaban J connectivity index is 1.41. The molecule has 32 heavy (non-hydrogen) atoms. The number of carbonyl (C=O) groups is 1. The van der Waals surface area contributed by atoms with Crippen LogP contribution < -0.4 is 16.4 Å². The Morgan fingerprint density at radius 3 is 2.19 bits per heavy atom. The van der Waals surface area contributed by atoms with E-state index in [2.05, 4.69) is 41.5 Å². The molecule has 0 atom stereocenters. The van der Waals surface area contributed by atoms with E-state index in [0.717, 1.165) is 27.9 Å². The monoisotopic (exact) mass is 429 g/mol. The first-order valence-corrected chi connectivity index (χ1v) is 10.5. The lowest BCUT2D eigenvalue weighted by atomic mass is 9.87. The van der Waals surface area contributed by atoms with E-state index < -0.39 is 0 Å². The third kappa shape index (κ3) is 4.72. The van der Waals surface area contributed by atoms with E-state index >= 15 is 0 Å². The lowest BCUT2D eigenvalue weighted by Gasteiger charge is -2.19.